The first-order valence-corrected chi connectivity index (χ1v) is 6.82. The van der Waals surface area contributed by atoms with Crippen LogP contribution in [0.5, 0.6) is 0 Å². The first kappa shape index (κ1) is 10.7. The molecule has 0 fully saturated rings. The molecule has 0 unspecified atom stereocenters. The predicted molar refractivity (Wildman–Crippen MR) is 77.0 cm³/mol. The molecule has 2 aromatic rings. The molecule has 1 nitrogen and oxygen atoms in total. The molecule has 19 heavy (non-hydrogen) atoms. The Bertz CT molecular complexity index is 722. The molecule has 0 amide bonds. The average molecular weight is 246 g/mol. The Morgan fingerprint density at radius 2 is 1.42 bits per heavy atom. The molecule has 1 heteroatoms. The van der Waals surface area contributed by atoms with Gasteiger partial charge in [0.2, 0.25) is 0 Å². The number of fused-ring (bicyclic) bond motifs is 4. The molecule has 0 saturated heterocycles. The zero-order chi connectivity index (χ0) is 12.8. The van der Waals surface area contributed by atoms with Crippen LogP contribution in [0.25, 0.3) is 11.1 Å². The maximum Gasteiger partial charge on any atom is 0.194 e. The first-order chi connectivity index (χ1) is 9.36. The standard InChI is InChI=1S/C18H14O/c19-18-16-10-4-3-9-14(16)15-11-5-7-12-6-1-2-8-13(12)17(15)18/h1-4,6,8-10H,5,7,11H2. The smallest absolute Gasteiger partial charge is 0.194 e. The summed E-state index contributed by atoms with van der Waals surface area (Å²) in [6, 6.07) is 16.4. The molecule has 2 aliphatic carbocycles. The second kappa shape index (κ2) is 3.92. The molecule has 0 spiro atoms. The van der Waals surface area contributed by atoms with Crippen LogP contribution in [0.4, 0.5) is 0 Å². The van der Waals surface area contributed by atoms with E-state index in [0.29, 0.717) is 0 Å². The van der Waals surface area contributed by atoms with Crippen LogP contribution in [0, 0.1) is 0 Å². The van der Waals surface area contributed by atoms with E-state index in [0.717, 1.165) is 41.5 Å². The molecule has 2 aromatic carbocycles. The first-order valence-electron chi connectivity index (χ1n) is 6.82. The Labute approximate surface area is 112 Å². The van der Waals surface area contributed by atoms with Crippen molar-refractivity contribution in [2.24, 2.45) is 0 Å². The Morgan fingerprint density at radius 3 is 2.26 bits per heavy atom. The van der Waals surface area contributed by atoms with Crippen molar-refractivity contribution in [3.05, 3.63) is 70.8 Å². The van der Waals surface area contributed by atoms with E-state index in [9.17, 15) is 4.79 Å². The summed E-state index contributed by atoms with van der Waals surface area (Å²) in [6.45, 7) is 0. The molecule has 0 N–H and O–H groups in total. The van der Waals surface area contributed by atoms with Gasteiger partial charge in [0.15, 0.2) is 5.78 Å². The van der Waals surface area contributed by atoms with E-state index in [4.69, 9.17) is 0 Å². The second-order valence-corrected chi connectivity index (χ2v) is 5.24. The van der Waals surface area contributed by atoms with Gasteiger partial charge in [-0.25, -0.2) is 0 Å². The summed E-state index contributed by atoms with van der Waals surface area (Å²) in [7, 11) is 0. The van der Waals surface area contributed by atoms with Gasteiger partial charge < -0.3 is 0 Å². The molecule has 4 rings (SSSR count). The van der Waals surface area contributed by atoms with Crippen LogP contribution < -0.4 is 0 Å². The number of hydrogen-bond acceptors (Lipinski definition) is 1. The van der Waals surface area contributed by atoms with Crippen molar-refractivity contribution >= 4 is 16.9 Å². The Kier molecular flexibility index (Phi) is 2.22. The average Bonchev–Trinajstić information content (AvgIpc) is 2.62. The van der Waals surface area contributed by atoms with Crippen LogP contribution in [0.1, 0.15) is 39.9 Å². The molecule has 0 saturated carbocycles. The van der Waals surface area contributed by atoms with E-state index in [1.807, 2.05) is 24.3 Å². The van der Waals surface area contributed by atoms with Crippen LogP contribution in [0.2, 0.25) is 0 Å². The maximum absolute atomic E-state index is 12.7. The predicted octanol–water partition coefficient (Wildman–Crippen LogP) is 4.13. The van der Waals surface area contributed by atoms with Gasteiger partial charge in [-0.15, -0.1) is 0 Å². The normalized spacial score (nSPS) is 16.7. The third-order valence-corrected chi connectivity index (χ3v) is 4.19. The number of Topliss-reactive ketones (excluding diaryl/α,β-unsaturated/α-hetero) is 1. The van der Waals surface area contributed by atoms with Crippen molar-refractivity contribution in [1.29, 1.82) is 0 Å². The monoisotopic (exact) mass is 246 g/mol. The van der Waals surface area contributed by atoms with Gasteiger partial charge >= 0.3 is 0 Å². The van der Waals surface area contributed by atoms with Crippen molar-refractivity contribution in [1.82, 2.24) is 0 Å². The number of aryl methyl sites for hydroxylation is 1. The number of carbonyl (C=O) groups is 1. The summed E-state index contributed by atoms with van der Waals surface area (Å²) in [6.07, 6.45) is 3.20. The van der Waals surface area contributed by atoms with Crippen molar-refractivity contribution < 1.29 is 4.79 Å². The third kappa shape index (κ3) is 1.45. The van der Waals surface area contributed by atoms with Crippen LogP contribution in [-0.4, -0.2) is 5.78 Å². The highest BCUT2D eigenvalue weighted by Crippen LogP contribution is 2.43. The fraction of sp³-hybridized carbons (Fsp3) is 0.167. The molecule has 0 bridgehead atoms. The van der Waals surface area contributed by atoms with Crippen LogP contribution in [0.15, 0.2) is 48.5 Å². The minimum atomic E-state index is 0.208. The zero-order valence-electron chi connectivity index (χ0n) is 10.6. The lowest BCUT2D eigenvalue weighted by molar-refractivity contribution is 0.105. The third-order valence-electron chi connectivity index (χ3n) is 4.19. The van der Waals surface area contributed by atoms with Crippen molar-refractivity contribution in [2.75, 3.05) is 0 Å². The van der Waals surface area contributed by atoms with E-state index in [1.165, 1.54) is 11.1 Å². The summed E-state index contributed by atoms with van der Waals surface area (Å²) in [5.74, 6) is 0.208. The Balaban J connectivity index is 2.02. The van der Waals surface area contributed by atoms with Crippen molar-refractivity contribution in [2.45, 2.75) is 19.3 Å². The van der Waals surface area contributed by atoms with Gasteiger partial charge in [0.1, 0.15) is 0 Å². The maximum atomic E-state index is 12.7. The van der Waals surface area contributed by atoms with E-state index in [2.05, 4.69) is 24.3 Å². The van der Waals surface area contributed by atoms with Gasteiger partial charge in [-0.2, -0.15) is 0 Å². The summed E-state index contributed by atoms with van der Waals surface area (Å²) < 4.78 is 0. The molecule has 2 aliphatic rings. The highest BCUT2D eigenvalue weighted by molar-refractivity contribution is 6.40. The molecule has 92 valence electrons. The summed E-state index contributed by atoms with van der Waals surface area (Å²) in [4.78, 5) is 12.7. The zero-order valence-corrected chi connectivity index (χ0v) is 10.6. The number of rotatable bonds is 0. The highest BCUT2D eigenvalue weighted by Gasteiger charge is 2.31. The van der Waals surface area contributed by atoms with Crippen molar-refractivity contribution in [3.8, 4) is 0 Å². The SMILES string of the molecule is O=C1C2=C(CCCc3ccccc32)c2ccccc21. The van der Waals surface area contributed by atoms with E-state index in [1.54, 1.807) is 0 Å². The van der Waals surface area contributed by atoms with Crippen LogP contribution in [-0.2, 0) is 6.42 Å². The van der Waals surface area contributed by atoms with E-state index < -0.39 is 0 Å². The minimum Gasteiger partial charge on any atom is -0.289 e. The summed E-state index contributed by atoms with van der Waals surface area (Å²) >= 11 is 0. The van der Waals surface area contributed by atoms with Gasteiger partial charge in [-0.05, 0) is 41.5 Å². The number of carbonyl (C=O) groups excluding carboxylic acids is 1. The van der Waals surface area contributed by atoms with E-state index >= 15 is 0 Å². The fourth-order valence-electron chi connectivity index (χ4n) is 3.33. The van der Waals surface area contributed by atoms with Crippen LogP contribution in [0.3, 0.4) is 0 Å². The molecular formula is C18H14O. The van der Waals surface area contributed by atoms with Gasteiger partial charge in [-0.3, -0.25) is 4.79 Å². The lowest BCUT2D eigenvalue weighted by Crippen LogP contribution is -2.00. The van der Waals surface area contributed by atoms with Gasteiger partial charge in [0.25, 0.3) is 0 Å². The molecule has 0 atom stereocenters. The molecule has 0 radical (unpaired) electrons. The summed E-state index contributed by atoms with van der Waals surface area (Å²) in [5, 5.41) is 0. The molecular weight excluding hydrogens is 232 g/mol. The lowest BCUT2D eigenvalue weighted by atomic mass is 9.96. The van der Waals surface area contributed by atoms with E-state index in [-0.39, 0.29) is 5.78 Å². The Morgan fingerprint density at radius 1 is 0.737 bits per heavy atom. The number of benzene rings is 2. The quantitative estimate of drug-likeness (QED) is 0.683. The van der Waals surface area contributed by atoms with Gasteiger partial charge in [0, 0.05) is 11.1 Å². The minimum absolute atomic E-state index is 0.208. The number of ketones is 1. The van der Waals surface area contributed by atoms with Gasteiger partial charge in [-0.1, -0.05) is 48.5 Å². The van der Waals surface area contributed by atoms with Crippen molar-refractivity contribution in [3.63, 3.8) is 0 Å². The molecule has 0 heterocycles. The number of allylic oxidation sites excluding steroid dienone is 2. The topological polar surface area (TPSA) is 17.1 Å². The summed E-state index contributed by atoms with van der Waals surface area (Å²) in [5.41, 5.74) is 6.70. The number of hydrogen-bond donors (Lipinski definition) is 0. The molecule has 0 aliphatic heterocycles. The van der Waals surface area contributed by atoms with Crippen LogP contribution >= 0.6 is 0 Å². The second-order valence-electron chi connectivity index (χ2n) is 5.24. The fourth-order valence-corrected chi connectivity index (χ4v) is 3.33. The molecule has 0 aromatic heterocycles. The lowest BCUT2D eigenvalue weighted by Gasteiger charge is -2.07. The highest BCUT2D eigenvalue weighted by atomic mass is 16.1. The largest absolute Gasteiger partial charge is 0.289 e. The Hall–Kier alpha value is -2.15. The van der Waals surface area contributed by atoms with Gasteiger partial charge in [0.05, 0.1) is 0 Å².